The van der Waals surface area contributed by atoms with Gasteiger partial charge in [-0.2, -0.15) is 0 Å². The van der Waals surface area contributed by atoms with Crippen molar-refractivity contribution in [2.45, 2.75) is 24.1 Å². The lowest BCUT2D eigenvalue weighted by molar-refractivity contribution is 0.590. The van der Waals surface area contributed by atoms with Crippen LogP contribution in [0, 0.1) is 6.92 Å². The molecule has 120 valence electrons. The molecule has 5 nitrogen and oxygen atoms in total. The summed E-state index contributed by atoms with van der Waals surface area (Å²) < 4.78 is 25.8. The molecule has 3 rings (SSSR count). The van der Waals surface area contributed by atoms with Crippen LogP contribution in [0.1, 0.15) is 18.1 Å². The lowest BCUT2D eigenvalue weighted by Gasteiger charge is -2.26. The minimum Gasteiger partial charge on any atom is -0.349 e. The Morgan fingerprint density at radius 3 is 2.39 bits per heavy atom. The first-order valence-corrected chi connectivity index (χ1v) is 9.07. The van der Waals surface area contributed by atoms with Crippen molar-refractivity contribution < 1.29 is 8.42 Å². The Morgan fingerprint density at radius 2 is 1.74 bits per heavy atom. The second kappa shape index (κ2) is 5.78. The maximum absolute atomic E-state index is 12.9. The average Bonchev–Trinajstić information content (AvgIpc) is 2.48. The summed E-state index contributed by atoms with van der Waals surface area (Å²) in [6.07, 6.45) is 1.67. The van der Waals surface area contributed by atoms with Gasteiger partial charge in [0, 0.05) is 0 Å². The SMILES string of the molecule is CC1=Cc2c(Cl)nc(Cl)nc2NC1S(=O)(=O)c1ccc(C)cc1. The molecule has 1 atom stereocenters. The van der Waals surface area contributed by atoms with Crippen LogP contribution in [0.25, 0.3) is 6.08 Å². The van der Waals surface area contributed by atoms with Crippen molar-refractivity contribution in [3.8, 4) is 0 Å². The van der Waals surface area contributed by atoms with Crippen LogP contribution >= 0.6 is 23.2 Å². The van der Waals surface area contributed by atoms with Crippen LogP contribution in [0.2, 0.25) is 10.4 Å². The van der Waals surface area contributed by atoms with E-state index in [1.807, 2.05) is 6.92 Å². The highest BCUT2D eigenvalue weighted by molar-refractivity contribution is 7.92. The first kappa shape index (κ1) is 16.2. The monoisotopic (exact) mass is 369 g/mol. The Hall–Kier alpha value is -1.63. The highest BCUT2D eigenvalue weighted by Crippen LogP contribution is 2.34. The van der Waals surface area contributed by atoms with Gasteiger partial charge in [-0.1, -0.05) is 29.3 Å². The van der Waals surface area contributed by atoms with Crippen LogP contribution in [0.4, 0.5) is 5.82 Å². The fourth-order valence-electron chi connectivity index (χ4n) is 2.38. The van der Waals surface area contributed by atoms with Crippen LogP contribution in [0.3, 0.4) is 0 Å². The molecule has 1 unspecified atom stereocenters. The summed E-state index contributed by atoms with van der Waals surface area (Å²) in [5.74, 6) is 0.307. The number of nitrogens with one attached hydrogen (secondary N) is 1. The summed E-state index contributed by atoms with van der Waals surface area (Å²) in [4.78, 5) is 8.13. The molecule has 0 bridgehead atoms. The second-order valence-electron chi connectivity index (χ2n) is 5.32. The van der Waals surface area contributed by atoms with E-state index < -0.39 is 15.2 Å². The van der Waals surface area contributed by atoms with Gasteiger partial charge in [0.1, 0.15) is 11.0 Å². The molecule has 0 saturated carbocycles. The molecule has 1 aromatic heterocycles. The molecule has 8 heteroatoms. The normalized spacial score (nSPS) is 17.2. The number of hydrogen-bond acceptors (Lipinski definition) is 5. The standard InChI is InChI=1S/C15H13Cl2N3O2S/c1-8-3-5-10(6-4-8)23(21,22)14-9(2)7-11-12(16)18-15(17)20-13(11)19-14/h3-7,14H,1-2H3,(H,18,19,20). The summed E-state index contributed by atoms with van der Waals surface area (Å²) in [6, 6.07) is 6.71. The molecule has 1 aromatic carbocycles. The maximum atomic E-state index is 12.9. The lowest BCUT2D eigenvalue weighted by atomic mass is 10.1. The smallest absolute Gasteiger partial charge is 0.225 e. The summed E-state index contributed by atoms with van der Waals surface area (Å²) in [5, 5.41) is 2.11. The van der Waals surface area contributed by atoms with Crippen molar-refractivity contribution >= 4 is 44.9 Å². The number of nitrogens with zero attached hydrogens (tertiary/aromatic N) is 2. The van der Waals surface area contributed by atoms with E-state index in [0.717, 1.165) is 5.56 Å². The van der Waals surface area contributed by atoms with Gasteiger partial charge in [0.05, 0.1) is 10.5 Å². The Kier molecular flexibility index (Phi) is 4.08. The molecule has 0 spiro atoms. The third kappa shape index (κ3) is 2.94. The van der Waals surface area contributed by atoms with Crippen molar-refractivity contribution in [3.63, 3.8) is 0 Å². The molecule has 1 aliphatic rings. The first-order chi connectivity index (χ1) is 10.8. The van der Waals surface area contributed by atoms with Crippen LogP contribution in [-0.4, -0.2) is 23.8 Å². The van der Waals surface area contributed by atoms with Gasteiger partial charge in [-0.05, 0) is 49.2 Å². The summed E-state index contributed by atoms with van der Waals surface area (Å²) in [5.41, 5.74) is 2.12. The van der Waals surface area contributed by atoms with Gasteiger partial charge in [0.15, 0.2) is 5.37 Å². The van der Waals surface area contributed by atoms with E-state index >= 15 is 0 Å². The molecule has 0 fully saturated rings. The van der Waals surface area contributed by atoms with E-state index in [0.29, 0.717) is 17.0 Å². The van der Waals surface area contributed by atoms with Crippen molar-refractivity contribution in [2.24, 2.45) is 0 Å². The fraction of sp³-hybridized carbons (Fsp3) is 0.200. The predicted octanol–water partition coefficient (Wildman–Crippen LogP) is 3.72. The number of anilines is 1. The van der Waals surface area contributed by atoms with Gasteiger partial charge in [0.25, 0.3) is 0 Å². The number of aromatic nitrogens is 2. The van der Waals surface area contributed by atoms with Gasteiger partial charge in [0.2, 0.25) is 15.1 Å². The number of rotatable bonds is 2. The Bertz CT molecular complexity index is 909. The largest absolute Gasteiger partial charge is 0.349 e. The van der Waals surface area contributed by atoms with Crippen LogP contribution in [0.15, 0.2) is 34.7 Å². The molecule has 0 amide bonds. The van der Waals surface area contributed by atoms with Gasteiger partial charge in [-0.3, -0.25) is 0 Å². The van der Waals surface area contributed by atoms with E-state index in [1.165, 1.54) is 0 Å². The Morgan fingerprint density at radius 1 is 1.09 bits per heavy atom. The van der Waals surface area contributed by atoms with Crippen molar-refractivity contribution in [2.75, 3.05) is 5.32 Å². The van der Waals surface area contributed by atoms with Gasteiger partial charge < -0.3 is 5.32 Å². The molecule has 1 N–H and O–H groups in total. The first-order valence-electron chi connectivity index (χ1n) is 6.77. The minimum absolute atomic E-state index is 0.0410. The highest BCUT2D eigenvalue weighted by atomic mass is 35.5. The van der Waals surface area contributed by atoms with E-state index in [4.69, 9.17) is 23.2 Å². The second-order valence-corrected chi connectivity index (χ2v) is 8.05. The summed E-state index contributed by atoms with van der Waals surface area (Å²) in [7, 11) is -3.62. The molecule has 2 heterocycles. The van der Waals surface area contributed by atoms with Crippen molar-refractivity contribution in [1.29, 1.82) is 0 Å². The summed E-state index contributed by atoms with van der Waals surface area (Å²) in [6.45, 7) is 3.62. The van der Waals surface area contributed by atoms with Crippen molar-refractivity contribution in [1.82, 2.24) is 9.97 Å². The third-order valence-electron chi connectivity index (χ3n) is 3.59. The maximum Gasteiger partial charge on any atom is 0.225 e. The van der Waals surface area contributed by atoms with E-state index in [-0.39, 0.29) is 15.3 Å². The number of halogens is 2. The number of aryl methyl sites for hydroxylation is 1. The minimum atomic E-state index is -3.62. The van der Waals surface area contributed by atoms with Crippen LogP contribution in [-0.2, 0) is 9.84 Å². The zero-order chi connectivity index (χ0) is 16.8. The van der Waals surface area contributed by atoms with E-state index in [9.17, 15) is 8.42 Å². The van der Waals surface area contributed by atoms with Gasteiger partial charge in [-0.15, -0.1) is 0 Å². The van der Waals surface area contributed by atoms with Gasteiger partial charge >= 0.3 is 0 Å². The van der Waals surface area contributed by atoms with Crippen LogP contribution < -0.4 is 5.32 Å². The lowest BCUT2D eigenvalue weighted by Crippen LogP contribution is -2.33. The number of hydrogen-bond donors (Lipinski definition) is 1. The Labute approximate surface area is 144 Å². The average molecular weight is 370 g/mol. The quantitative estimate of drug-likeness (QED) is 0.644. The number of sulfone groups is 1. The van der Waals surface area contributed by atoms with Gasteiger partial charge in [-0.25, -0.2) is 18.4 Å². The van der Waals surface area contributed by atoms with Crippen LogP contribution in [0.5, 0.6) is 0 Å². The number of benzene rings is 1. The predicted molar refractivity (Wildman–Crippen MR) is 91.5 cm³/mol. The Balaban J connectivity index is 2.07. The molecular formula is C15H13Cl2N3O2S. The molecule has 0 aliphatic carbocycles. The van der Waals surface area contributed by atoms with E-state index in [1.54, 1.807) is 37.3 Å². The molecule has 1 aliphatic heterocycles. The third-order valence-corrected chi connectivity index (χ3v) is 6.08. The van der Waals surface area contributed by atoms with Crippen molar-refractivity contribution in [3.05, 3.63) is 51.4 Å². The fourth-order valence-corrected chi connectivity index (χ4v) is 4.43. The zero-order valence-corrected chi connectivity index (χ0v) is 14.7. The zero-order valence-electron chi connectivity index (χ0n) is 12.3. The molecule has 23 heavy (non-hydrogen) atoms. The molecule has 0 saturated heterocycles. The highest BCUT2D eigenvalue weighted by Gasteiger charge is 2.33. The number of fused-ring (bicyclic) bond motifs is 1. The molecule has 2 aromatic rings. The molecule has 0 radical (unpaired) electrons. The summed E-state index contributed by atoms with van der Waals surface area (Å²) >= 11 is 11.8. The topological polar surface area (TPSA) is 72.0 Å². The van der Waals surface area contributed by atoms with E-state index in [2.05, 4.69) is 15.3 Å². The molecular weight excluding hydrogens is 357 g/mol.